The van der Waals surface area contributed by atoms with E-state index in [0.717, 1.165) is 0 Å². The van der Waals surface area contributed by atoms with Gasteiger partial charge < -0.3 is 28.9 Å². The summed E-state index contributed by atoms with van der Waals surface area (Å²) in [5, 5.41) is 0. The van der Waals surface area contributed by atoms with Crippen LogP contribution >= 0.6 is 0 Å². The van der Waals surface area contributed by atoms with Crippen LogP contribution in [0.4, 0.5) is 0 Å². The van der Waals surface area contributed by atoms with E-state index in [9.17, 15) is 9.59 Å². The van der Waals surface area contributed by atoms with Gasteiger partial charge in [0.25, 0.3) is 5.56 Å². The van der Waals surface area contributed by atoms with Crippen molar-refractivity contribution in [1.82, 2.24) is 4.57 Å². The smallest absolute Gasteiger partial charge is 0.340 e. The first-order valence-electron chi connectivity index (χ1n) is 9.61. The molecule has 1 aliphatic rings. The fraction of sp³-hybridized carbons (Fsp3) is 0.217. The van der Waals surface area contributed by atoms with Crippen molar-refractivity contribution >= 4 is 5.97 Å². The minimum atomic E-state index is -0.830. The highest BCUT2D eigenvalue weighted by molar-refractivity contribution is 5.92. The van der Waals surface area contributed by atoms with Crippen LogP contribution in [-0.4, -0.2) is 24.8 Å². The van der Waals surface area contributed by atoms with Crippen LogP contribution < -0.4 is 20.8 Å². The lowest BCUT2D eigenvalue weighted by molar-refractivity contribution is -0.136. The van der Waals surface area contributed by atoms with Gasteiger partial charge in [-0.05, 0) is 25.1 Å². The molecule has 0 fully saturated rings. The summed E-state index contributed by atoms with van der Waals surface area (Å²) in [5.74, 6) is -0.205. The van der Waals surface area contributed by atoms with Crippen LogP contribution in [0.5, 0.6) is 11.5 Å². The van der Waals surface area contributed by atoms with Crippen molar-refractivity contribution in [3.8, 4) is 11.5 Å². The Morgan fingerprint density at radius 2 is 1.97 bits per heavy atom. The fourth-order valence-corrected chi connectivity index (χ4v) is 3.87. The number of methoxy groups -OCH3 is 2. The van der Waals surface area contributed by atoms with E-state index in [1.807, 2.05) is 0 Å². The summed E-state index contributed by atoms with van der Waals surface area (Å²) < 4.78 is 23.2. The highest BCUT2D eigenvalue weighted by Crippen LogP contribution is 2.44. The van der Waals surface area contributed by atoms with Gasteiger partial charge in [0.2, 0.25) is 5.88 Å². The number of aromatic nitrogens is 1. The largest absolute Gasteiger partial charge is 0.496 e. The minimum absolute atomic E-state index is 0.0463. The van der Waals surface area contributed by atoms with Crippen LogP contribution in [0.15, 0.2) is 69.4 Å². The van der Waals surface area contributed by atoms with Crippen LogP contribution in [0.1, 0.15) is 28.5 Å². The third-order valence-electron chi connectivity index (χ3n) is 5.32. The zero-order valence-corrected chi connectivity index (χ0v) is 17.4. The van der Waals surface area contributed by atoms with E-state index in [1.165, 1.54) is 14.2 Å². The number of hydrogen-bond acceptors (Lipinski definition) is 7. The molecule has 3 heterocycles. The second-order valence-electron chi connectivity index (χ2n) is 7.08. The number of fused-ring (bicyclic) bond motifs is 1. The zero-order valence-electron chi connectivity index (χ0n) is 17.4. The number of nitrogens with zero attached hydrogens (tertiary/aromatic N) is 1. The van der Waals surface area contributed by atoms with Gasteiger partial charge in [-0.2, -0.15) is 0 Å². The normalized spacial score (nSPS) is 15.3. The number of nitrogens with two attached hydrogens (primary N) is 1. The quantitative estimate of drug-likeness (QED) is 0.630. The number of carbonyl (C=O) groups excluding carboxylic acids is 1. The van der Waals surface area contributed by atoms with E-state index in [1.54, 1.807) is 60.2 Å². The van der Waals surface area contributed by atoms with Crippen molar-refractivity contribution in [3.63, 3.8) is 0 Å². The Hall–Kier alpha value is -3.94. The maximum absolute atomic E-state index is 13.7. The number of carbonyl (C=O) groups is 1. The number of ether oxygens (including phenoxy) is 3. The van der Waals surface area contributed by atoms with Gasteiger partial charge in [0.05, 0.1) is 38.5 Å². The van der Waals surface area contributed by atoms with Gasteiger partial charge in [-0.1, -0.05) is 18.2 Å². The van der Waals surface area contributed by atoms with E-state index in [0.29, 0.717) is 28.5 Å². The second-order valence-corrected chi connectivity index (χ2v) is 7.08. The monoisotopic (exact) mass is 422 g/mol. The Labute approximate surface area is 178 Å². The van der Waals surface area contributed by atoms with E-state index >= 15 is 0 Å². The third-order valence-corrected chi connectivity index (χ3v) is 5.32. The molecule has 0 unspecified atom stereocenters. The predicted octanol–water partition coefficient (Wildman–Crippen LogP) is 2.67. The molecule has 0 bridgehead atoms. The molecule has 0 saturated heterocycles. The Kier molecular flexibility index (Phi) is 5.29. The molecule has 4 rings (SSSR count). The number of pyridine rings is 1. The van der Waals surface area contributed by atoms with Crippen molar-refractivity contribution < 1.29 is 23.4 Å². The topological polar surface area (TPSA) is 106 Å². The molecule has 8 heteroatoms. The Balaban J connectivity index is 1.99. The molecule has 31 heavy (non-hydrogen) atoms. The summed E-state index contributed by atoms with van der Waals surface area (Å²) in [6.07, 6.45) is 1.55. The van der Waals surface area contributed by atoms with E-state index in [4.69, 9.17) is 24.4 Å². The number of rotatable bonds is 5. The van der Waals surface area contributed by atoms with Gasteiger partial charge in [0, 0.05) is 17.3 Å². The summed E-state index contributed by atoms with van der Waals surface area (Å²) in [6.45, 7) is 2.03. The Morgan fingerprint density at radius 1 is 1.19 bits per heavy atom. The molecule has 1 aliphatic heterocycles. The number of furan rings is 1. The lowest BCUT2D eigenvalue weighted by atomic mass is 9.83. The molecular formula is C23H22N2O6. The summed E-state index contributed by atoms with van der Waals surface area (Å²) >= 11 is 0. The van der Waals surface area contributed by atoms with E-state index in [-0.39, 0.29) is 29.1 Å². The molecule has 0 amide bonds. The maximum atomic E-state index is 13.7. The summed E-state index contributed by atoms with van der Waals surface area (Å²) in [5.41, 5.74) is 7.39. The van der Waals surface area contributed by atoms with Crippen LogP contribution in [0.3, 0.4) is 0 Å². The van der Waals surface area contributed by atoms with Crippen molar-refractivity contribution in [3.05, 3.63) is 93.1 Å². The Bertz CT molecular complexity index is 1220. The zero-order chi connectivity index (χ0) is 22.1. The number of benzene rings is 1. The highest BCUT2D eigenvalue weighted by atomic mass is 16.5. The van der Waals surface area contributed by atoms with Gasteiger partial charge in [-0.3, -0.25) is 4.79 Å². The lowest BCUT2D eigenvalue weighted by Crippen LogP contribution is -2.35. The Morgan fingerprint density at radius 3 is 2.65 bits per heavy atom. The maximum Gasteiger partial charge on any atom is 0.340 e. The van der Waals surface area contributed by atoms with Crippen LogP contribution in [-0.2, 0) is 16.1 Å². The molecule has 2 N–H and O–H groups in total. The van der Waals surface area contributed by atoms with Crippen molar-refractivity contribution in [1.29, 1.82) is 0 Å². The van der Waals surface area contributed by atoms with E-state index in [2.05, 4.69) is 0 Å². The first kappa shape index (κ1) is 20.3. The van der Waals surface area contributed by atoms with Crippen molar-refractivity contribution in [2.24, 2.45) is 5.73 Å². The van der Waals surface area contributed by atoms with Crippen LogP contribution in [0.25, 0.3) is 0 Å². The summed E-state index contributed by atoms with van der Waals surface area (Å²) in [6, 6.07) is 12.4. The summed E-state index contributed by atoms with van der Waals surface area (Å²) in [7, 11) is 2.77. The molecule has 1 atom stereocenters. The molecule has 0 radical (unpaired) electrons. The SMILES string of the molecule is COC(=O)C1=C(N)Oc2cc(C)n(Cc3ccco3)c(=O)c2[C@@H]1c1ccccc1OC. The highest BCUT2D eigenvalue weighted by Gasteiger charge is 2.39. The standard InChI is InChI=1S/C23H22N2O6/c1-13-11-17-19(22(26)25(13)12-14-7-6-10-30-14)18(15-8-4-5-9-16(15)28-2)20(21(24)31-17)23(27)29-3/h4-11,18H,12,24H2,1-3H3/t18-/m0/s1. The lowest BCUT2D eigenvalue weighted by Gasteiger charge is -2.29. The molecule has 0 spiro atoms. The number of hydrogen-bond donors (Lipinski definition) is 1. The number of para-hydroxylation sites is 1. The van der Waals surface area contributed by atoms with Crippen molar-refractivity contribution in [2.45, 2.75) is 19.4 Å². The molecule has 160 valence electrons. The van der Waals surface area contributed by atoms with Gasteiger partial charge in [-0.15, -0.1) is 0 Å². The number of aryl methyl sites for hydroxylation is 1. The molecule has 2 aromatic heterocycles. The molecular weight excluding hydrogens is 400 g/mol. The van der Waals surface area contributed by atoms with Crippen LogP contribution in [0.2, 0.25) is 0 Å². The van der Waals surface area contributed by atoms with Gasteiger partial charge in [0.1, 0.15) is 22.8 Å². The number of esters is 1. The van der Waals surface area contributed by atoms with Gasteiger partial charge in [0.15, 0.2) is 0 Å². The molecule has 0 saturated carbocycles. The average molecular weight is 422 g/mol. The average Bonchev–Trinajstić information content (AvgIpc) is 3.28. The predicted molar refractivity (Wildman–Crippen MR) is 112 cm³/mol. The fourth-order valence-electron chi connectivity index (χ4n) is 3.87. The minimum Gasteiger partial charge on any atom is -0.496 e. The van der Waals surface area contributed by atoms with Gasteiger partial charge in [-0.25, -0.2) is 4.79 Å². The van der Waals surface area contributed by atoms with Gasteiger partial charge >= 0.3 is 5.97 Å². The third kappa shape index (κ3) is 3.46. The molecule has 0 aliphatic carbocycles. The summed E-state index contributed by atoms with van der Waals surface area (Å²) in [4.78, 5) is 26.4. The van der Waals surface area contributed by atoms with Crippen molar-refractivity contribution in [2.75, 3.05) is 14.2 Å². The first-order chi connectivity index (χ1) is 15.0. The second kappa shape index (κ2) is 8.06. The molecule has 3 aromatic rings. The first-order valence-corrected chi connectivity index (χ1v) is 9.61. The van der Waals surface area contributed by atoms with E-state index < -0.39 is 11.9 Å². The van der Waals surface area contributed by atoms with Crippen LogP contribution in [0, 0.1) is 6.92 Å². The molecule has 1 aromatic carbocycles. The molecule has 8 nitrogen and oxygen atoms in total.